The van der Waals surface area contributed by atoms with Gasteiger partial charge < -0.3 is 10.4 Å². The standard InChI is InChI=1S/C20H26FNO/c1-13-10-16(18(23)11-14(13)2)12-22-19(20(3,4)5)15-6-8-17(21)9-7-15/h6-11,19,22-23H,12H2,1-5H3. The summed E-state index contributed by atoms with van der Waals surface area (Å²) in [6, 6.07) is 10.5. The molecule has 0 aromatic heterocycles. The van der Waals surface area contributed by atoms with Crippen molar-refractivity contribution in [2.24, 2.45) is 5.41 Å². The van der Waals surface area contributed by atoms with Gasteiger partial charge in [-0.05, 0) is 54.2 Å². The van der Waals surface area contributed by atoms with Gasteiger partial charge in [0, 0.05) is 18.2 Å². The lowest BCUT2D eigenvalue weighted by molar-refractivity contribution is 0.270. The Morgan fingerprint density at radius 3 is 2.17 bits per heavy atom. The van der Waals surface area contributed by atoms with E-state index < -0.39 is 0 Å². The average molecular weight is 315 g/mol. The molecule has 0 aliphatic carbocycles. The largest absolute Gasteiger partial charge is 0.508 e. The molecule has 0 aliphatic rings. The number of phenols is 1. The van der Waals surface area contributed by atoms with Crippen LogP contribution in [-0.2, 0) is 6.54 Å². The van der Waals surface area contributed by atoms with E-state index in [0.29, 0.717) is 12.3 Å². The summed E-state index contributed by atoms with van der Waals surface area (Å²) in [5.74, 6) is 0.0839. The molecule has 124 valence electrons. The molecular formula is C20H26FNO. The topological polar surface area (TPSA) is 32.3 Å². The number of phenolic OH excluding ortho intramolecular Hbond substituents is 1. The van der Waals surface area contributed by atoms with Crippen LogP contribution in [0.1, 0.15) is 49.1 Å². The average Bonchev–Trinajstić information content (AvgIpc) is 2.45. The fourth-order valence-electron chi connectivity index (χ4n) is 2.79. The molecule has 2 rings (SSSR count). The Hall–Kier alpha value is -1.87. The van der Waals surface area contributed by atoms with Crippen LogP contribution in [0.3, 0.4) is 0 Å². The fraction of sp³-hybridized carbons (Fsp3) is 0.400. The highest BCUT2D eigenvalue weighted by atomic mass is 19.1. The van der Waals surface area contributed by atoms with Gasteiger partial charge in [0.05, 0.1) is 0 Å². The Balaban J connectivity index is 2.23. The molecule has 0 saturated heterocycles. The van der Waals surface area contributed by atoms with Crippen LogP contribution in [0.25, 0.3) is 0 Å². The predicted octanol–water partition coefficient (Wildman–Crippen LogP) is 5.03. The van der Waals surface area contributed by atoms with Gasteiger partial charge in [-0.3, -0.25) is 0 Å². The van der Waals surface area contributed by atoms with Crippen LogP contribution >= 0.6 is 0 Å². The summed E-state index contributed by atoms with van der Waals surface area (Å²) in [7, 11) is 0. The lowest BCUT2D eigenvalue weighted by Crippen LogP contribution is -2.32. The summed E-state index contributed by atoms with van der Waals surface area (Å²) >= 11 is 0. The molecule has 0 bridgehead atoms. The second-order valence-corrected chi connectivity index (χ2v) is 7.30. The third-order valence-corrected chi connectivity index (χ3v) is 4.26. The predicted molar refractivity (Wildman–Crippen MR) is 93.0 cm³/mol. The van der Waals surface area contributed by atoms with Crippen molar-refractivity contribution < 1.29 is 9.50 Å². The first kappa shape index (κ1) is 17.5. The molecule has 0 aliphatic heterocycles. The van der Waals surface area contributed by atoms with Gasteiger partial charge in [0.1, 0.15) is 11.6 Å². The summed E-state index contributed by atoms with van der Waals surface area (Å²) in [6.07, 6.45) is 0. The Kier molecular flexibility index (Phi) is 5.10. The Labute approximate surface area is 138 Å². The number of hydrogen-bond donors (Lipinski definition) is 2. The van der Waals surface area contributed by atoms with Crippen LogP contribution in [-0.4, -0.2) is 5.11 Å². The monoisotopic (exact) mass is 315 g/mol. The van der Waals surface area contributed by atoms with E-state index in [1.165, 1.54) is 12.1 Å². The van der Waals surface area contributed by atoms with Crippen LogP contribution in [0.5, 0.6) is 5.75 Å². The molecule has 0 radical (unpaired) electrons. The highest BCUT2D eigenvalue weighted by Crippen LogP contribution is 2.33. The summed E-state index contributed by atoms with van der Waals surface area (Å²) in [4.78, 5) is 0. The minimum absolute atomic E-state index is 0.0345. The molecule has 0 fully saturated rings. The fourth-order valence-corrected chi connectivity index (χ4v) is 2.79. The van der Waals surface area contributed by atoms with Gasteiger partial charge >= 0.3 is 0 Å². The zero-order chi connectivity index (χ0) is 17.2. The van der Waals surface area contributed by atoms with Gasteiger partial charge in [0.2, 0.25) is 0 Å². The minimum atomic E-state index is -0.229. The van der Waals surface area contributed by atoms with Crippen LogP contribution in [0.4, 0.5) is 4.39 Å². The molecule has 23 heavy (non-hydrogen) atoms. The van der Waals surface area contributed by atoms with E-state index in [1.54, 1.807) is 6.07 Å². The van der Waals surface area contributed by atoms with Crippen molar-refractivity contribution in [3.05, 3.63) is 64.5 Å². The Morgan fingerprint density at radius 1 is 1.04 bits per heavy atom. The maximum Gasteiger partial charge on any atom is 0.123 e. The molecule has 0 spiro atoms. The van der Waals surface area contributed by atoms with Crippen molar-refractivity contribution in [2.45, 2.75) is 47.2 Å². The summed E-state index contributed by atoms with van der Waals surface area (Å²) in [6.45, 7) is 11.0. The van der Waals surface area contributed by atoms with Crippen molar-refractivity contribution in [1.29, 1.82) is 0 Å². The number of halogens is 1. The van der Waals surface area contributed by atoms with Gasteiger partial charge in [-0.1, -0.05) is 39.0 Å². The summed E-state index contributed by atoms with van der Waals surface area (Å²) < 4.78 is 13.2. The lowest BCUT2D eigenvalue weighted by atomic mass is 9.82. The highest BCUT2D eigenvalue weighted by Gasteiger charge is 2.26. The van der Waals surface area contributed by atoms with E-state index in [-0.39, 0.29) is 17.3 Å². The highest BCUT2D eigenvalue weighted by molar-refractivity contribution is 5.40. The minimum Gasteiger partial charge on any atom is -0.508 e. The molecule has 2 aromatic rings. The molecule has 1 atom stereocenters. The van der Waals surface area contributed by atoms with Gasteiger partial charge in [-0.25, -0.2) is 4.39 Å². The van der Waals surface area contributed by atoms with Crippen molar-refractivity contribution in [1.82, 2.24) is 5.32 Å². The summed E-state index contributed by atoms with van der Waals surface area (Å²) in [5.41, 5.74) is 4.13. The number of benzene rings is 2. The number of rotatable bonds is 4. The number of aryl methyl sites for hydroxylation is 2. The zero-order valence-corrected chi connectivity index (χ0v) is 14.6. The van der Waals surface area contributed by atoms with E-state index in [2.05, 4.69) is 26.1 Å². The molecule has 2 N–H and O–H groups in total. The first-order valence-electron chi connectivity index (χ1n) is 7.96. The second-order valence-electron chi connectivity index (χ2n) is 7.30. The second kappa shape index (κ2) is 6.71. The van der Waals surface area contributed by atoms with Crippen molar-refractivity contribution in [3.8, 4) is 5.75 Å². The molecule has 0 amide bonds. The molecule has 3 heteroatoms. The van der Waals surface area contributed by atoms with Gasteiger partial charge in [0.25, 0.3) is 0 Å². The van der Waals surface area contributed by atoms with Crippen LogP contribution in [0, 0.1) is 25.1 Å². The molecule has 1 unspecified atom stereocenters. The quantitative estimate of drug-likeness (QED) is 0.830. The molecule has 2 nitrogen and oxygen atoms in total. The summed E-state index contributed by atoms with van der Waals surface area (Å²) in [5, 5.41) is 13.7. The third-order valence-electron chi connectivity index (χ3n) is 4.26. The molecule has 0 heterocycles. The van der Waals surface area contributed by atoms with Crippen molar-refractivity contribution in [3.63, 3.8) is 0 Å². The van der Waals surface area contributed by atoms with E-state index in [0.717, 1.165) is 22.3 Å². The van der Waals surface area contributed by atoms with Crippen molar-refractivity contribution >= 4 is 0 Å². The maximum absolute atomic E-state index is 13.2. The van der Waals surface area contributed by atoms with E-state index in [1.807, 2.05) is 32.0 Å². The van der Waals surface area contributed by atoms with Crippen molar-refractivity contribution in [2.75, 3.05) is 0 Å². The third kappa shape index (κ3) is 4.32. The number of hydrogen-bond acceptors (Lipinski definition) is 2. The smallest absolute Gasteiger partial charge is 0.123 e. The van der Waals surface area contributed by atoms with E-state index in [4.69, 9.17) is 0 Å². The van der Waals surface area contributed by atoms with Gasteiger partial charge in [-0.2, -0.15) is 0 Å². The van der Waals surface area contributed by atoms with Crippen LogP contribution in [0.2, 0.25) is 0 Å². The SMILES string of the molecule is Cc1cc(O)c(CNC(c2ccc(F)cc2)C(C)(C)C)cc1C. The lowest BCUT2D eigenvalue weighted by Gasteiger charge is -2.32. The Bertz CT molecular complexity index is 671. The first-order valence-corrected chi connectivity index (χ1v) is 7.96. The first-order chi connectivity index (χ1) is 10.7. The number of nitrogens with one attached hydrogen (secondary N) is 1. The zero-order valence-electron chi connectivity index (χ0n) is 14.6. The molecule has 0 saturated carbocycles. The van der Waals surface area contributed by atoms with Crippen LogP contribution < -0.4 is 5.32 Å². The Morgan fingerprint density at radius 2 is 1.61 bits per heavy atom. The van der Waals surface area contributed by atoms with E-state index >= 15 is 0 Å². The van der Waals surface area contributed by atoms with E-state index in [9.17, 15) is 9.50 Å². The normalized spacial score (nSPS) is 13.1. The molecule has 2 aromatic carbocycles. The molecular weight excluding hydrogens is 289 g/mol. The van der Waals surface area contributed by atoms with Crippen LogP contribution in [0.15, 0.2) is 36.4 Å². The maximum atomic E-state index is 13.2. The number of aromatic hydroxyl groups is 1. The van der Waals surface area contributed by atoms with Gasteiger partial charge in [-0.15, -0.1) is 0 Å². The van der Waals surface area contributed by atoms with Gasteiger partial charge in [0.15, 0.2) is 0 Å².